The first-order valence-electron chi connectivity index (χ1n) is 7.42. The first-order valence-corrected chi connectivity index (χ1v) is 7.42. The number of hydrogen-bond acceptors (Lipinski definition) is 3. The Hall–Kier alpha value is -2.43. The minimum absolute atomic E-state index is 0.256. The van der Waals surface area contributed by atoms with Gasteiger partial charge in [-0.3, -0.25) is 4.90 Å². The van der Waals surface area contributed by atoms with E-state index in [0.29, 0.717) is 5.82 Å². The average Bonchev–Trinajstić information content (AvgIpc) is 2.44. The lowest BCUT2D eigenvalue weighted by Crippen LogP contribution is -2.37. The van der Waals surface area contributed by atoms with Crippen molar-refractivity contribution in [2.24, 2.45) is 0 Å². The molecule has 0 N–H and O–H groups in total. The summed E-state index contributed by atoms with van der Waals surface area (Å²) in [6, 6.07) is 9.69. The Morgan fingerprint density at radius 2 is 1.87 bits per heavy atom. The minimum atomic E-state index is -0.609. The van der Waals surface area contributed by atoms with Crippen molar-refractivity contribution in [3.05, 3.63) is 59.5 Å². The summed E-state index contributed by atoms with van der Waals surface area (Å²) in [5, 5.41) is 0. The highest BCUT2D eigenvalue weighted by atomic mass is 19.1. The lowest BCUT2D eigenvalue weighted by molar-refractivity contribution is 0.0576. The molecular weight excluding hydrogens is 295 g/mol. The highest BCUT2D eigenvalue weighted by Gasteiger charge is 2.24. The van der Waals surface area contributed by atoms with Crippen LogP contribution in [-0.2, 0) is 11.3 Å². The average molecular weight is 316 g/mol. The second-order valence-corrected chi connectivity index (χ2v) is 6.38. The number of benzene rings is 1. The molecule has 0 unspecified atom stereocenters. The number of aromatic nitrogens is 1. The van der Waals surface area contributed by atoms with E-state index in [9.17, 15) is 9.18 Å². The molecule has 1 aromatic heterocycles. The lowest BCUT2D eigenvalue weighted by Gasteiger charge is -2.27. The van der Waals surface area contributed by atoms with Gasteiger partial charge < -0.3 is 4.74 Å². The fourth-order valence-electron chi connectivity index (χ4n) is 2.00. The van der Waals surface area contributed by atoms with E-state index in [2.05, 4.69) is 4.98 Å². The van der Waals surface area contributed by atoms with E-state index in [-0.39, 0.29) is 12.4 Å². The van der Waals surface area contributed by atoms with Gasteiger partial charge in [0.1, 0.15) is 17.2 Å². The zero-order valence-electron chi connectivity index (χ0n) is 13.8. The highest BCUT2D eigenvalue weighted by molar-refractivity contribution is 5.86. The van der Waals surface area contributed by atoms with Crippen LogP contribution in [0.5, 0.6) is 0 Å². The molecule has 5 heteroatoms. The maximum atomic E-state index is 13.1. The van der Waals surface area contributed by atoms with Crippen LogP contribution in [0.1, 0.15) is 31.9 Å². The molecule has 0 aliphatic carbocycles. The largest absolute Gasteiger partial charge is 0.443 e. The normalized spacial score (nSPS) is 11.2. The molecule has 0 radical (unpaired) electrons. The summed E-state index contributed by atoms with van der Waals surface area (Å²) in [5.41, 5.74) is 1.17. The SMILES string of the molecule is Cc1ccnc(N(Cc2ccc(F)cc2)C(=O)OC(C)(C)C)c1. The van der Waals surface area contributed by atoms with E-state index >= 15 is 0 Å². The van der Waals surface area contributed by atoms with Crippen LogP contribution in [0, 0.1) is 12.7 Å². The Bertz CT molecular complexity index is 678. The van der Waals surface area contributed by atoms with Crippen molar-refractivity contribution in [1.29, 1.82) is 0 Å². The van der Waals surface area contributed by atoms with Crippen molar-refractivity contribution < 1.29 is 13.9 Å². The lowest BCUT2D eigenvalue weighted by atomic mass is 10.2. The molecule has 0 saturated carbocycles. The quantitative estimate of drug-likeness (QED) is 0.839. The summed E-state index contributed by atoms with van der Waals surface area (Å²) in [7, 11) is 0. The zero-order valence-corrected chi connectivity index (χ0v) is 13.8. The molecule has 1 amide bonds. The van der Waals surface area contributed by atoms with Gasteiger partial charge in [-0.25, -0.2) is 14.2 Å². The number of nitrogens with zero attached hydrogens (tertiary/aromatic N) is 2. The van der Waals surface area contributed by atoms with Crippen molar-refractivity contribution >= 4 is 11.9 Å². The number of carbonyl (C=O) groups excluding carboxylic acids is 1. The molecule has 122 valence electrons. The second kappa shape index (κ2) is 6.77. The Morgan fingerprint density at radius 3 is 2.43 bits per heavy atom. The predicted octanol–water partition coefficient (Wildman–Crippen LogP) is 4.47. The Labute approximate surface area is 135 Å². The summed E-state index contributed by atoms with van der Waals surface area (Å²) in [5.74, 6) is 0.190. The zero-order chi connectivity index (χ0) is 17.0. The monoisotopic (exact) mass is 316 g/mol. The fraction of sp³-hybridized carbons (Fsp3) is 0.333. The minimum Gasteiger partial charge on any atom is -0.443 e. The summed E-state index contributed by atoms with van der Waals surface area (Å²) in [6.45, 7) is 7.61. The van der Waals surface area contributed by atoms with Crippen LogP contribution in [0.4, 0.5) is 15.0 Å². The number of amides is 1. The maximum Gasteiger partial charge on any atom is 0.416 e. The van der Waals surface area contributed by atoms with E-state index in [4.69, 9.17) is 4.74 Å². The number of pyridine rings is 1. The maximum absolute atomic E-state index is 13.1. The predicted molar refractivity (Wildman–Crippen MR) is 87.8 cm³/mol. The molecule has 23 heavy (non-hydrogen) atoms. The van der Waals surface area contributed by atoms with Crippen LogP contribution in [0.2, 0.25) is 0 Å². The molecule has 0 spiro atoms. The Morgan fingerprint density at radius 1 is 1.22 bits per heavy atom. The van der Waals surface area contributed by atoms with Gasteiger partial charge in [0.15, 0.2) is 0 Å². The fourth-order valence-corrected chi connectivity index (χ4v) is 2.00. The van der Waals surface area contributed by atoms with E-state index in [0.717, 1.165) is 11.1 Å². The topological polar surface area (TPSA) is 42.4 Å². The van der Waals surface area contributed by atoms with E-state index in [1.165, 1.54) is 17.0 Å². The number of ether oxygens (including phenoxy) is 1. The Kier molecular flexibility index (Phi) is 4.98. The molecule has 2 rings (SSSR count). The molecule has 1 aromatic carbocycles. The smallest absolute Gasteiger partial charge is 0.416 e. The number of carbonyl (C=O) groups is 1. The summed E-state index contributed by atoms with van der Waals surface area (Å²) in [6.07, 6.45) is 1.16. The van der Waals surface area contributed by atoms with Gasteiger partial charge in [0.05, 0.1) is 6.54 Å². The molecule has 0 fully saturated rings. The van der Waals surface area contributed by atoms with Gasteiger partial charge in [-0.05, 0) is 63.1 Å². The van der Waals surface area contributed by atoms with Crippen molar-refractivity contribution in [3.63, 3.8) is 0 Å². The third kappa shape index (κ3) is 5.06. The van der Waals surface area contributed by atoms with Crippen molar-refractivity contribution in [2.75, 3.05) is 4.90 Å². The first-order chi connectivity index (χ1) is 10.7. The number of hydrogen-bond donors (Lipinski definition) is 0. The molecule has 0 saturated heterocycles. The number of halogens is 1. The van der Waals surface area contributed by atoms with E-state index < -0.39 is 11.7 Å². The van der Waals surface area contributed by atoms with Crippen LogP contribution < -0.4 is 4.90 Å². The standard InChI is InChI=1S/C18H21FN2O2/c1-13-9-10-20-16(11-13)21(17(22)23-18(2,3)4)12-14-5-7-15(19)8-6-14/h5-11H,12H2,1-4H3. The number of rotatable bonds is 3. The van der Waals surface area contributed by atoms with Gasteiger partial charge in [-0.2, -0.15) is 0 Å². The summed E-state index contributed by atoms with van der Waals surface area (Å²) < 4.78 is 18.5. The van der Waals surface area contributed by atoms with Gasteiger partial charge >= 0.3 is 6.09 Å². The van der Waals surface area contributed by atoms with Gasteiger partial charge in [0, 0.05) is 6.20 Å². The third-order valence-corrected chi connectivity index (χ3v) is 3.05. The van der Waals surface area contributed by atoms with Crippen LogP contribution in [0.3, 0.4) is 0 Å². The Balaban J connectivity index is 2.30. The molecule has 2 aromatic rings. The van der Waals surface area contributed by atoms with Crippen molar-refractivity contribution in [1.82, 2.24) is 4.98 Å². The van der Waals surface area contributed by atoms with Gasteiger partial charge in [0.25, 0.3) is 0 Å². The van der Waals surface area contributed by atoms with Gasteiger partial charge in [0.2, 0.25) is 0 Å². The van der Waals surface area contributed by atoms with Crippen LogP contribution in [0.15, 0.2) is 42.6 Å². The number of aryl methyl sites for hydroxylation is 1. The van der Waals surface area contributed by atoms with Gasteiger partial charge in [-0.1, -0.05) is 12.1 Å². The first kappa shape index (κ1) is 16.9. The van der Waals surface area contributed by atoms with Crippen molar-refractivity contribution in [3.8, 4) is 0 Å². The second-order valence-electron chi connectivity index (χ2n) is 6.38. The molecule has 0 bridgehead atoms. The summed E-state index contributed by atoms with van der Waals surface area (Å²) in [4.78, 5) is 18.2. The molecular formula is C18H21FN2O2. The van der Waals surface area contributed by atoms with Gasteiger partial charge in [-0.15, -0.1) is 0 Å². The number of anilines is 1. The van der Waals surface area contributed by atoms with Crippen LogP contribution >= 0.6 is 0 Å². The molecule has 0 aliphatic heterocycles. The third-order valence-electron chi connectivity index (χ3n) is 3.05. The summed E-state index contributed by atoms with van der Waals surface area (Å²) >= 11 is 0. The van der Waals surface area contributed by atoms with E-state index in [1.807, 2.05) is 39.8 Å². The molecule has 4 nitrogen and oxygen atoms in total. The molecule has 0 atom stereocenters. The van der Waals surface area contributed by atoms with Crippen LogP contribution in [-0.4, -0.2) is 16.7 Å². The highest BCUT2D eigenvalue weighted by Crippen LogP contribution is 2.20. The van der Waals surface area contributed by atoms with Crippen molar-refractivity contribution in [2.45, 2.75) is 39.8 Å². The molecule has 0 aliphatic rings. The van der Waals surface area contributed by atoms with E-state index in [1.54, 1.807) is 18.3 Å². The van der Waals surface area contributed by atoms with Crippen LogP contribution in [0.25, 0.3) is 0 Å². The molecule has 1 heterocycles.